The van der Waals surface area contributed by atoms with Crippen LogP contribution in [0, 0.1) is 13.8 Å². The number of amides is 1. The third kappa shape index (κ3) is 5.00. The first-order chi connectivity index (χ1) is 14.4. The molecule has 0 atom stereocenters. The molecule has 2 aromatic carbocycles. The minimum atomic E-state index is -0.750. The van der Waals surface area contributed by atoms with E-state index in [1.54, 1.807) is 36.1 Å². The lowest BCUT2D eigenvalue weighted by Gasteiger charge is -2.09. The van der Waals surface area contributed by atoms with Crippen LogP contribution in [0.4, 0.5) is 5.82 Å². The maximum Gasteiger partial charge on any atom is 0.335 e. The van der Waals surface area contributed by atoms with E-state index < -0.39 is 11.6 Å². The van der Waals surface area contributed by atoms with Gasteiger partial charge in [-0.25, -0.2) is 0 Å². The lowest BCUT2D eigenvalue weighted by atomic mass is 10.1. The number of nitrogens with zero attached hydrogens (tertiary/aromatic N) is 2. The fraction of sp³-hybridized carbons (Fsp3) is 0.143. The van der Waals surface area contributed by atoms with Crippen molar-refractivity contribution >= 4 is 34.3 Å². The lowest BCUT2D eigenvalue weighted by Crippen LogP contribution is -2.12. The van der Waals surface area contributed by atoms with E-state index in [0.717, 1.165) is 16.7 Å². The highest BCUT2D eigenvalue weighted by molar-refractivity contribution is 7.51. The highest BCUT2D eigenvalue weighted by Gasteiger charge is 2.16. The molecular formula is C21H19N3O5S. The molecule has 0 saturated carbocycles. The quantitative estimate of drug-likeness (QED) is 0.527. The van der Waals surface area contributed by atoms with Crippen molar-refractivity contribution in [2.45, 2.75) is 13.8 Å². The van der Waals surface area contributed by atoms with Gasteiger partial charge in [-0.1, -0.05) is 17.7 Å². The van der Waals surface area contributed by atoms with Gasteiger partial charge >= 0.3 is 11.6 Å². The van der Waals surface area contributed by atoms with Crippen molar-refractivity contribution in [2.75, 3.05) is 5.32 Å². The van der Waals surface area contributed by atoms with E-state index in [1.807, 2.05) is 44.2 Å². The maximum absolute atomic E-state index is 12.7. The van der Waals surface area contributed by atoms with Gasteiger partial charge in [0.05, 0.1) is 0 Å². The lowest BCUT2D eigenvalue weighted by molar-refractivity contribution is 0.102. The van der Waals surface area contributed by atoms with Crippen molar-refractivity contribution in [3.63, 3.8) is 0 Å². The Morgan fingerprint density at radius 3 is 2.43 bits per heavy atom. The first-order valence-electron chi connectivity index (χ1n) is 8.91. The van der Waals surface area contributed by atoms with Crippen molar-refractivity contribution in [3.05, 3.63) is 71.6 Å². The zero-order valence-electron chi connectivity index (χ0n) is 16.5. The minimum absolute atomic E-state index is 0.261. The Kier molecular flexibility index (Phi) is 6.43. The molecule has 0 spiro atoms. The Morgan fingerprint density at radius 2 is 1.80 bits per heavy atom. The van der Waals surface area contributed by atoms with Crippen LogP contribution in [0.15, 0.2) is 59.1 Å². The van der Waals surface area contributed by atoms with Gasteiger partial charge in [-0.2, -0.15) is 13.5 Å². The number of furan rings is 1. The van der Waals surface area contributed by atoms with Crippen molar-refractivity contribution in [1.29, 1.82) is 0 Å². The van der Waals surface area contributed by atoms with E-state index in [1.165, 1.54) is 0 Å². The average molecular weight is 425 g/mol. The number of ether oxygens (including phenoxy) is 1. The highest BCUT2D eigenvalue weighted by Crippen LogP contribution is 2.34. The monoisotopic (exact) mass is 425 g/mol. The van der Waals surface area contributed by atoms with Gasteiger partial charge in [-0.05, 0) is 44.2 Å². The van der Waals surface area contributed by atoms with E-state index in [-0.39, 0.29) is 5.91 Å². The molecule has 0 unspecified atom stereocenters. The predicted molar refractivity (Wildman–Crippen MR) is 112 cm³/mol. The summed E-state index contributed by atoms with van der Waals surface area (Å²) in [5, 5.41) is 7.78. The molecule has 0 saturated heterocycles. The van der Waals surface area contributed by atoms with Gasteiger partial charge in [0.2, 0.25) is 0 Å². The molecule has 0 aliphatic heterocycles. The number of nitrogens with one attached hydrogen (secondary N) is 1. The van der Waals surface area contributed by atoms with Crippen LogP contribution in [0.5, 0.6) is 11.5 Å². The molecule has 154 valence electrons. The molecule has 9 heteroatoms. The predicted octanol–water partition coefficient (Wildman–Crippen LogP) is 4.16. The molecule has 1 amide bonds. The van der Waals surface area contributed by atoms with Crippen LogP contribution >= 0.6 is 0 Å². The number of benzene rings is 2. The third-order valence-electron chi connectivity index (χ3n) is 4.17. The molecule has 4 aromatic rings. The number of fused-ring (bicyclic) bond motifs is 1. The SMILES string of the molecule is Cc1ccc(Oc2cc(C(=O)Nc3ccn(C)n3)cc3cc(C)oc23)cc1.O=S=O. The number of hydrogen-bond acceptors (Lipinski definition) is 6. The van der Waals surface area contributed by atoms with Gasteiger partial charge in [-0.15, -0.1) is 0 Å². The third-order valence-corrected chi connectivity index (χ3v) is 4.17. The second-order valence-corrected chi connectivity index (χ2v) is 6.70. The number of carbonyl (C=O) groups is 1. The summed E-state index contributed by atoms with van der Waals surface area (Å²) in [7, 11) is 1.80. The molecular weight excluding hydrogens is 406 g/mol. The zero-order valence-corrected chi connectivity index (χ0v) is 17.4. The Balaban J connectivity index is 0.000000806. The fourth-order valence-electron chi connectivity index (χ4n) is 2.86. The summed E-state index contributed by atoms with van der Waals surface area (Å²) in [5.74, 6) is 2.16. The van der Waals surface area contributed by atoms with Crippen LogP contribution in [-0.2, 0) is 18.6 Å². The van der Waals surface area contributed by atoms with Crippen LogP contribution in [0.1, 0.15) is 21.7 Å². The summed E-state index contributed by atoms with van der Waals surface area (Å²) in [6.07, 6.45) is 1.77. The van der Waals surface area contributed by atoms with Crippen LogP contribution in [0.25, 0.3) is 11.0 Å². The molecule has 8 nitrogen and oxygen atoms in total. The van der Waals surface area contributed by atoms with Crippen molar-refractivity contribution in [1.82, 2.24) is 9.78 Å². The summed E-state index contributed by atoms with van der Waals surface area (Å²) >= 11 is -0.750. The van der Waals surface area contributed by atoms with Gasteiger partial charge in [0, 0.05) is 30.3 Å². The summed E-state index contributed by atoms with van der Waals surface area (Å²) in [5.41, 5.74) is 2.23. The molecule has 2 heterocycles. The Morgan fingerprint density at radius 1 is 1.10 bits per heavy atom. The summed E-state index contributed by atoms with van der Waals surface area (Å²) in [6.45, 7) is 3.88. The van der Waals surface area contributed by atoms with E-state index in [2.05, 4.69) is 10.4 Å². The van der Waals surface area contributed by atoms with E-state index in [9.17, 15) is 4.79 Å². The number of aromatic nitrogens is 2. The van der Waals surface area contributed by atoms with Crippen molar-refractivity contribution in [3.8, 4) is 11.5 Å². The summed E-state index contributed by atoms with van der Waals surface area (Å²) < 4.78 is 30.0. The summed E-state index contributed by atoms with van der Waals surface area (Å²) in [6, 6.07) is 14.8. The van der Waals surface area contributed by atoms with E-state index in [4.69, 9.17) is 17.6 Å². The Labute approximate surface area is 176 Å². The van der Waals surface area contributed by atoms with Gasteiger partial charge < -0.3 is 14.5 Å². The van der Waals surface area contributed by atoms with E-state index in [0.29, 0.717) is 28.5 Å². The van der Waals surface area contributed by atoms with Crippen LogP contribution in [0.3, 0.4) is 0 Å². The number of aryl methyl sites for hydroxylation is 3. The smallest absolute Gasteiger partial charge is 0.335 e. The van der Waals surface area contributed by atoms with Gasteiger partial charge in [0.1, 0.15) is 11.5 Å². The molecule has 2 aromatic heterocycles. The first-order valence-corrected chi connectivity index (χ1v) is 9.58. The zero-order chi connectivity index (χ0) is 21.7. The van der Waals surface area contributed by atoms with Crippen LogP contribution in [0.2, 0.25) is 0 Å². The standard InChI is InChI=1S/C21H19N3O3.O2S/c1-13-4-6-17(7-5-13)27-18-12-16(11-15-10-14(2)26-20(15)18)21(25)22-19-8-9-24(3)23-19;1-3-2/h4-12H,1-3H3,(H,22,23,25);. The van der Waals surface area contributed by atoms with Crippen LogP contribution < -0.4 is 10.1 Å². The maximum atomic E-state index is 12.7. The minimum Gasteiger partial charge on any atom is -0.457 e. The topological polar surface area (TPSA) is 103 Å². The van der Waals surface area contributed by atoms with Crippen LogP contribution in [-0.4, -0.2) is 24.1 Å². The normalized spacial score (nSPS) is 10.2. The number of rotatable bonds is 4. The second kappa shape index (κ2) is 9.19. The molecule has 0 fully saturated rings. The van der Waals surface area contributed by atoms with Gasteiger partial charge in [-0.3, -0.25) is 9.48 Å². The second-order valence-electron chi connectivity index (χ2n) is 6.56. The molecule has 0 radical (unpaired) electrons. The number of carbonyl (C=O) groups excluding carboxylic acids is 1. The van der Waals surface area contributed by atoms with Crippen molar-refractivity contribution < 1.29 is 22.4 Å². The fourth-order valence-corrected chi connectivity index (χ4v) is 2.86. The molecule has 1 N–H and O–H groups in total. The highest BCUT2D eigenvalue weighted by atomic mass is 32.1. The molecule has 0 bridgehead atoms. The number of anilines is 1. The first kappa shape index (κ1) is 21.0. The molecule has 0 aliphatic rings. The Bertz CT molecular complexity index is 1220. The summed E-state index contributed by atoms with van der Waals surface area (Å²) in [4.78, 5) is 12.7. The number of hydrogen-bond donors (Lipinski definition) is 1. The molecule has 4 rings (SSSR count). The molecule has 30 heavy (non-hydrogen) atoms. The largest absolute Gasteiger partial charge is 0.457 e. The van der Waals surface area contributed by atoms with E-state index >= 15 is 0 Å². The van der Waals surface area contributed by atoms with Gasteiger partial charge in [0.15, 0.2) is 17.2 Å². The van der Waals surface area contributed by atoms with Gasteiger partial charge in [0.25, 0.3) is 5.91 Å². The van der Waals surface area contributed by atoms with Crippen molar-refractivity contribution in [2.24, 2.45) is 7.05 Å². The Hall–Kier alpha value is -3.72. The molecule has 0 aliphatic carbocycles. The average Bonchev–Trinajstić information content (AvgIpc) is 3.28.